The number of hydrogen-bond donors (Lipinski definition) is 1. The first kappa shape index (κ1) is 18.6. The molecular weight excluding hydrogens is 371 g/mol. The molecule has 3 aromatic carbocycles. The molecule has 1 N–H and O–H groups in total. The smallest absolute Gasteiger partial charge is 0.315 e. The summed E-state index contributed by atoms with van der Waals surface area (Å²) in [4.78, 5) is 39.7. The van der Waals surface area contributed by atoms with Crippen molar-refractivity contribution in [2.24, 2.45) is 0 Å². The van der Waals surface area contributed by atoms with Crippen LogP contribution in [0.25, 0.3) is 0 Å². The minimum absolute atomic E-state index is 0.162. The monoisotopic (exact) mass is 388 g/mol. The van der Waals surface area contributed by atoms with Crippen LogP contribution in [-0.2, 0) is 10.3 Å². The zero-order valence-electron chi connectivity index (χ0n) is 15.3. The molecule has 0 aliphatic carbocycles. The van der Waals surface area contributed by atoms with Gasteiger partial charge in [-0.15, -0.1) is 0 Å². The van der Waals surface area contributed by atoms with Gasteiger partial charge in [0.2, 0.25) is 0 Å². The SMILES string of the molecule is O=C(CN1C(=O)NC(c2ccccc2)(c2ccccc2)C1=O)c1ccccc1F. The Hall–Kier alpha value is -3.80. The van der Waals surface area contributed by atoms with Crippen LogP contribution in [0.3, 0.4) is 0 Å². The highest BCUT2D eigenvalue weighted by Crippen LogP contribution is 2.36. The van der Waals surface area contributed by atoms with Crippen molar-refractivity contribution < 1.29 is 18.8 Å². The van der Waals surface area contributed by atoms with Crippen LogP contribution in [0.15, 0.2) is 84.9 Å². The third-order valence-electron chi connectivity index (χ3n) is 5.00. The van der Waals surface area contributed by atoms with Gasteiger partial charge in [-0.3, -0.25) is 14.5 Å². The van der Waals surface area contributed by atoms with E-state index in [1.165, 1.54) is 18.2 Å². The topological polar surface area (TPSA) is 66.5 Å². The lowest BCUT2D eigenvalue weighted by Gasteiger charge is -2.28. The number of nitrogens with zero attached hydrogens (tertiary/aromatic N) is 1. The Morgan fingerprint density at radius 2 is 1.34 bits per heavy atom. The number of halogens is 1. The normalized spacial score (nSPS) is 15.3. The van der Waals surface area contributed by atoms with Gasteiger partial charge >= 0.3 is 6.03 Å². The van der Waals surface area contributed by atoms with Gasteiger partial charge < -0.3 is 5.32 Å². The quantitative estimate of drug-likeness (QED) is 0.537. The Balaban J connectivity index is 1.75. The minimum Gasteiger partial charge on any atom is -0.315 e. The zero-order valence-corrected chi connectivity index (χ0v) is 15.3. The van der Waals surface area contributed by atoms with Crippen LogP contribution in [0.2, 0.25) is 0 Å². The van der Waals surface area contributed by atoms with Crippen LogP contribution in [0.1, 0.15) is 21.5 Å². The molecule has 3 amide bonds. The van der Waals surface area contributed by atoms with E-state index in [1.807, 2.05) is 12.1 Å². The van der Waals surface area contributed by atoms with Crippen LogP contribution in [-0.4, -0.2) is 29.2 Å². The molecule has 1 fully saturated rings. The van der Waals surface area contributed by atoms with Crippen molar-refractivity contribution in [2.45, 2.75) is 5.54 Å². The summed E-state index contributed by atoms with van der Waals surface area (Å²) in [6.07, 6.45) is 0. The van der Waals surface area contributed by atoms with Crippen LogP contribution in [0, 0.1) is 5.82 Å². The van der Waals surface area contributed by atoms with Gasteiger partial charge in [-0.1, -0.05) is 72.8 Å². The number of carbonyl (C=O) groups is 3. The summed E-state index contributed by atoms with van der Waals surface area (Å²) in [5.41, 5.74) is -0.462. The van der Waals surface area contributed by atoms with E-state index in [4.69, 9.17) is 0 Å². The van der Waals surface area contributed by atoms with Gasteiger partial charge in [-0.05, 0) is 23.3 Å². The molecule has 0 saturated carbocycles. The number of rotatable bonds is 5. The second kappa shape index (κ2) is 7.31. The van der Waals surface area contributed by atoms with Crippen LogP contribution < -0.4 is 5.32 Å². The summed E-state index contributed by atoms with van der Waals surface area (Å²) in [6, 6.07) is 22.5. The molecular formula is C23H17FN2O3. The second-order valence-electron chi connectivity index (χ2n) is 6.71. The van der Waals surface area contributed by atoms with Gasteiger partial charge in [0, 0.05) is 0 Å². The van der Waals surface area contributed by atoms with Gasteiger partial charge in [-0.2, -0.15) is 0 Å². The molecule has 0 atom stereocenters. The molecule has 0 radical (unpaired) electrons. The number of hydrogen-bond acceptors (Lipinski definition) is 3. The van der Waals surface area contributed by atoms with Crippen molar-refractivity contribution >= 4 is 17.7 Å². The molecule has 29 heavy (non-hydrogen) atoms. The predicted octanol–water partition coefficient (Wildman–Crippen LogP) is 3.50. The first-order valence-corrected chi connectivity index (χ1v) is 9.07. The van der Waals surface area contributed by atoms with Gasteiger partial charge in [-0.25, -0.2) is 9.18 Å². The van der Waals surface area contributed by atoms with Crippen molar-refractivity contribution in [1.82, 2.24) is 10.2 Å². The van der Waals surface area contributed by atoms with Crippen molar-refractivity contribution in [3.05, 3.63) is 107 Å². The van der Waals surface area contributed by atoms with Crippen LogP contribution >= 0.6 is 0 Å². The van der Waals surface area contributed by atoms with E-state index in [2.05, 4.69) is 5.32 Å². The van der Waals surface area contributed by atoms with E-state index in [1.54, 1.807) is 48.5 Å². The molecule has 1 saturated heterocycles. The highest BCUT2D eigenvalue weighted by Gasteiger charge is 2.54. The minimum atomic E-state index is -1.45. The summed E-state index contributed by atoms with van der Waals surface area (Å²) < 4.78 is 14.0. The lowest BCUT2D eigenvalue weighted by molar-refractivity contribution is -0.129. The molecule has 4 rings (SSSR count). The molecule has 0 spiro atoms. The maximum absolute atomic E-state index is 14.0. The van der Waals surface area contributed by atoms with Gasteiger partial charge in [0.25, 0.3) is 5.91 Å². The highest BCUT2D eigenvalue weighted by molar-refractivity contribution is 6.13. The van der Waals surface area contributed by atoms with E-state index in [0.29, 0.717) is 11.1 Å². The molecule has 0 bridgehead atoms. The Labute approximate surface area is 166 Å². The molecule has 0 unspecified atom stereocenters. The fourth-order valence-corrected chi connectivity index (χ4v) is 3.57. The number of amides is 3. The summed E-state index contributed by atoms with van der Waals surface area (Å²) in [6.45, 7) is -0.549. The Morgan fingerprint density at radius 1 is 0.828 bits per heavy atom. The zero-order chi connectivity index (χ0) is 20.4. The molecule has 1 heterocycles. The number of Topliss-reactive ketones (excluding diaryl/α,β-unsaturated/α-hetero) is 1. The van der Waals surface area contributed by atoms with Gasteiger partial charge in [0.05, 0.1) is 12.1 Å². The molecule has 6 heteroatoms. The molecule has 5 nitrogen and oxygen atoms in total. The van der Waals surface area contributed by atoms with E-state index in [-0.39, 0.29) is 5.56 Å². The standard InChI is InChI=1S/C23H17FN2O3/c24-19-14-8-7-13-18(19)20(27)15-26-21(28)23(25-22(26)29,16-9-3-1-4-10-16)17-11-5-2-6-12-17/h1-14H,15H2,(H,25,29). The van der Waals surface area contributed by atoms with E-state index in [0.717, 1.165) is 11.0 Å². The maximum atomic E-state index is 14.0. The second-order valence-corrected chi connectivity index (χ2v) is 6.71. The summed E-state index contributed by atoms with van der Waals surface area (Å²) in [7, 11) is 0. The molecule has 0 aromatic heterocycles. The number of carbonyl (C=O) groups excluding carboxylic acids is 3. The number of urea groups is 1. The van der Waals surface area contributed by atoms with Crippen molar-refractivity contribution in [3.8, 4) is 0 Å². The molecule has 1 aliphatic rings. The number of benzene rings is 3. The third-order valence-corrected chi connectivity index (χ3v) is 5.00. The largest absolute Gasteiger partial charge is 0.325 e. The first-order chi connectivity index (χ1) is 14.0. The van der Waals surface area contributed by atoms with Gasteiger partial charge in [0.15, 0.2) is 11.3 Å². The predicted molar refractivity (Wildman–Crippen MR) is 105 cm³/mol. The Bertz CT molecular complexity index is 1040. The molecule has 1 aliphatic heterocycles. The lowest BCUT2D eigenvalue weighted by atomic mass is 9.82. The van der Waals surface area contributed by atoms with Crippen LogP contribution in [0.4, 0.5) is 9.18 Å². The van der Waals surface area contributed by atoms with Gasteiger partial charge in [0.1, 0.15) is 5.82 Å². The van der Waals surface area contributed by atoms with E-state index in [9.17, 15) is 18.8 Å². The van der Waals surface area contributed by atoms with E-state index < -0.39 is 35.6 Å². The number of imide groups is 1. The first-order valence-electron chi connectivity index (χ1n) is 9.07. The molecule has 3 aromatic rings. The average Bonchev–Trinajstić information content (AvgIpc) is 3.01. The summed E-state index contributed by atoms with van der Waals surface area (Å²) in [5.74, 6) is -1.92. The summed E-state index contributed by atoms with van der Waals surface area (Å²) in [5, 5.41) is 2.76. The maximum Gasteiger partial charge on any atom is 0.325 e. The van der Waals surface area contributed by atoms with Crippen molar-refractivity contribution in [2.75, 3.05) is 6.54 Å². The van der Waals surface area contributed by atoms with Crippen molar-refractivity contribution in [3.63, 3.8) is 0 Å². The fourth-order valence-electron chi connectivity index (χ4n) is 3.57. The third kappa shape index (κ3) is 3.08. The lowest BCUT2D eigenvalue weighted by Crippen LogP contribution is -2.45. The Kier molecular flexibility index (Phi) is 4.68. The number of ketones is 1. The van der Waals surface area contributed by atoms with E-state index >= 15 is 0 Å². The van der Waals surface area contributed by atoms with Crippen molar-refractivity contribution in [1.29, 1.82) is 0 Å². The van der Waals surface area contributed by atoms with Crippen LogP contribution in [0.5, 0.6) is 0 Å². The summed E-state index contributed by atoms with van der Waals surface area (Å²) >= 11 is 0. The fraction of sp³-hybridized carbons (Fsp3) is 0.0870. The highest BCUT2D eigenvalue weighted by atomic mass is 19.1. The Morgan fingerprint density at radius 3 is 1.90 bits per heavy atom. The average molecular weight is 388 g/mol. The molecule has 144 valence electrons. The number of nitrogens with one attached hydrogen (secondary N) is 1.